The van der Waals surface area contributed by atoms with Gasteiger partial charge < -0.3 is 15.8 Å². The minimum Gasteiger partial charge on any atom is -0.409 e. The van der Waals surface area contributed by atoms with Crippen molar-refractivity contribution in [2.75, 3.05) is 13.1 Å². The van der Waals surface area contributed by atoms with Gasteiger partial charge >= 0.3 is 0 Å². The van der Waals surface area contributed by atoms with Gasteiger partial charge in [-0.05, 0) is 31.0 Å². The number of amides is 1. The van der Waals surface area contributed by atoms with Crippen molar-refractivity contribution in [1.82, 2.24) is 4.90 Å². The Morgan fingerprint density at radius 2 is 2.30 bits per heavy atom. The highest BCUT2D eigenvalue weighted by atomic mass is 35.5. The average molecular weight is 300 g/mol. The van der Waals surface area contributed by atoms with E-state index in [-0.39, 0.29) is 17.3 Å². The number of rotatable bonds is 2. The van der Waals surface area contributed by atoms with E-state index in [0.29, 0.717) is 18.1 Å². The maximum Gasteiger partial charge on any atom is 0.256 e. The Kier molecular flexibility index (Phi) is 4.44. The summed E-state index contributed by atoms with van der Waals surface area (Å²) in [5.74, 6) is -1.15. The molecule has 0 aromatic heterocycles. The summed E-state index contributed by atoms with van der Waals surface area (Å²) in [6, 6.07) is 3.87. The molecule has 108 valence electrons. The van der Waals surface area contributed by atoms with Gasteiger partial charge in [-0.3, -0.25) is 4.79 Å². The van der Waals surface area contributed by atoms with Crippen molar-refractivity contribution < 1.29 is 14.4 Å². The monoisotopic (exact) mass is 299 g/mol. The number of nitrogens with two attached hydrogens (primary N) is 1. The van der Waals surface area contributed by atoms with E-state index >= 15 is 0 Å². The molecule has 0 spiro atoms. The number of piperidine rings is 1. The number of hydrogen-bond acceptors (Lipinski definition) is 3. The minimum atomic E-state index is -0.606. The van der Waals surface area contributed by atoms with Gasteiger partial charge in [-0.25, -0.2) is 4.39 Å². The van der Waals surface area contributed by atoms with E-state index in [1.165, 1.54) is 23.1 Å². The van der Waals surface area contributed by atoms with Crippen LogP contribution in [-0.2, 0) is 0 Å². The summed E-state index contributed by atoms with van der Waals surface area (Å²) in [6.45, 7) is 0.820. The standard InChI is InChI=1S/C13H15ClFN3O2/c14-9-3-4-11(15)10(6-9)13(19)18-5-1-2-8(7-18)12(16)17-20/h3-4,6,8,20H,1-2,5,7H2,(H2,16,17). The molecule has 1 saturated heterocycles. The molecule has 0 radical (unpaired) electrons. The zero-order valence-corrected chi connectivity index (χ0v) is 11.5. The molecule has 1 unspecified atom stereocenters. The number of benzene rings is 1. The van der Waals surface area contributed by atoms with Crippen molar-refractivity contribution in [2.24, 2.45) is 16.8 Å². The fourth-order valence-corrected chi connectivity index (χ4v) is 2.49. The Balaban J connectivity index is 2.18. The van der Waals surface area contributed by atoms with Gasteiger partial charge in [0.05, 0.1) is 5.56 Å². The van der Waals surface area contributed by atoms with Crippen molar-refractivity contribution in [3.8, 4) is 0 Å². The van der Waals surface area contributed by atoms with Crippen LogP contribution in [0.2, 0.25) is 5.02 Å². The lowest BCUT2D eigenvalue weighted by molar-refractivity contribution is 0.0696. The van der Waals surface area contributed by atoms with Gasteiger partial charge in [0.15, 0.2) is 0 Å². The molecule has 20 heavy (non-hydrogen) atoms. The Labute approximate surface area is 120 Å². The SMILES string of the molecule is NC(=NO)C1CCCN(C(=O)c2cc(Cl)ccc2F)C1. The molecule has 2 rings (SSSR count). The molecule has 0 bridgehead atoms. The number of amidine groups is 1. The first-order chi connectivity index (χ1) is 9.52. The molecule has 1 atom stereocenters. The molecular formula is C13H15ClFN3O2. The topological polar surface area (TPSA) is 78.9 Å². The highest BCUT2D eigenvalue weighted by Gasteiger charge is 2.28. The zero-order valence-electron chi connectivity index (χ0n) is 10.7. The molecule has 1 aromatic carbocycles. The van der Waals surface area contributed by atoms with Crippen LogP contribution in [0.1, 0.15) is 23.2 Å². The average Bonchev–Trinajstić information content (AvgIpc) is 2.48. The summed E-state index contributed by atoms with van der Waals surface area (Å²) in [5, 5.41) is 12.0. The fourth-order valence-electron chi connectivity index (χ4n) is 2.32. The van der Waals surface area contributed by atoms with E-state index in [1.54, 1.807) is 0 Å². The van der Waals surface area contributed by atoms with Crippen LogP contribution in [0.4, 0.5) is 4.39 Å². The van der Waals surface area contributed by atoms with Gasteiger partial charge in [0.2, 0.25) is 0 Å². The predicted molar refractivity (Wildman–Crippen MR) is 73.4 cm³/mol. The molecule has 5 nitrogen and oxygen atoms in total. The van der Waals surface area contributed by atoms with Crippen molar-refractivity contribution in [2.45, 2.75) is 12.8 Å². The number of nitrogens with zero attached hydrogens (tertiary/aromatic N) is 2. The Hall–Kier alpha value is -1.82. The quantitative estimate of drug-likeness (QED) is 0.380. The van der Waals surface area contributed by atoms with Crippen LogP contribution < -0.4 is 5.73 Å². The molecule has 1 heterocycles. The molecule has 0 aliphatic carbocycles. The summed E-state index contributed by atoms with van der Waals surface area (Å²) < 4.78 is 13.7. The fraction of sp³-hybridized carbons (Fsp3) is 0.385. The van der Waals surface area contributed by atoms with Gasteiger partial charge in [-0.1, -0.05) is 16.8 Å². The Bertz CT molecular complexity index is 550. The highest BCUT2D eigenvalue weighted by Crippen LogP contribution is 2.21. The van der Waals surface area contributed by atoms with Crippen molar-refractivity contribution in [3.05, 3.63) is 34.6 Å². The van der Waals surface area contributed by atoms with Crippen molar-refractivity contribution >= 4 is 23.3 Å². The van der Waals surface area contributed by atoms with Crippen LogP contribution in [0.25, 0.3) is 0 Å². The van der Waals surface area contributed by atoms with E-state index in [4.69, 9.17) is 22.5 Å². The smallest absolute Gasteiger partial charge is 0.256 e. The third kappa shape index (κ3) is 3.01. The molecule has 0 saturated carbocycles. The minimum absolute atomic E-state index is 0.0577. The van der Waals surface area contributed by atoms with E-state index in [1.807, 2.05) is 0 Å². The van der Waals surface area contributed by atoms with Crippen molar-refractivity contribution in [3.63, 3.8) is 0 Å². The van der Waals surface area contributed by atoms with Crippen LogP contribution in [0.5, 0.6) is 0 Å². The number of oxime groups is 1. The number of halogens is 2. The second kappa shape index (κ2) is 6.09. The van der Waals surface area contributed by atoms with Crippen LogP contribution in [0.15, 0.2) is 23.4 Å². The van der Waals surface area contributed by atoms with E-state index in [9.17, 15) is 9.18 Å². The van der Waals surface area contributed by atoms with Gasteiger partial charge in [0.25, 0.3) is 5.91 Å². The van der Waals surface area contributed by atoms with E-state index in [0.717, 1.165) is 12.8 Å². The molecule has 1 amide bonds. The summed E-state index contributed by atoms with van der Waals surface area (Å²) in [6.07, 6.45) is 1.45. The van der Waals surface area contributed by atoms with E-state index in [2.05, 4.69) is 5.16 Å². The highest BCUT2D eigenvalue weighted by molar-refractivity contribution is 6.31. The Morgan fingerprint density at radius 1 is 1.55 bits per heavy atom. The normalized spacial score (nSPS) is 20.0. The third-order valence-corrected chi connectivity index (χ3v) is 3.64. The van der Waals surface area contributed by atoms with Gasteiger partial charge in [-0.2, -0.15) is 0 Å². The van der Waals surface area contributed by atoms with Gasteiger partial charge in [-0.15, -0.1) is 0 Å². The van der Waals surface area contributed by atoms with Gasteiger partial charge in [0, 0.05) is 24.0 Å². The maximum atomic E-state index is 13.7. The van der Waals surface area contributed by atoms with Crippen LogP contribution in [-0.4, -0.2) is 34.9 Å². The summed E-state index contributed by atoms with van der Waals surface area (Å²) in [7, 11) is 0. The first kappa shape index (κ1) is 14.6. The number of carbonyl (C=O) groups excluding carboxylic acids is 1. The molecule has 1 fully saturated rings. The lowest BCUT2D eigenvalue weighted by Gasteiger charge is -2.32. The largest absolute Gasteiger partial charge is 0.409 e. The number of likely N-dealkylation sites (tertiary alicyclic amines) is 1. The van der Waals surface area contributed by atoms with Crippen molar-refractivity contribution in [1.29, 1.82) is 0 Å². The second-order valence-electron chi connectivity index (χ2n) is 4.74. The first-order valence-corrected chi connectivity index (χ1v) is 6.62. The van der Waals surface area contributed by atoms with Crippen LogP contribution in [0, 0.1) is 11.7 Å². The first-order valence-electron chi connectivity index (χ1n) is 6.24. The van der Waals surface area contributed by atoms with Gasteiger partial charge in [0.1, 0.15) is 11.7 Å². The maximum absolute atomic E-state index is 13.7. The molecular weight excluding hydrogens is 285 g/mol. The second-order valence-corrected chi connectivity index (χ2v) is 5.18. The summed E-state index contributed by atoms with van der Waals surface area (Å²) in [4.78, 5) is 13.8. The lowest BCUT2D eigenvalue weighted by Crippen LogP contribution is -2.44. The summed E-state index contributed by atoms with van der Waals surface area (Å²) >= 11 is 5.79. The molecule has 3 N–H and O–H groups in total. The molecule has 1 aliphatic heterocycles. The summed E-state index contributed by atoms with van der Waals surface area (Å²) in [5.41, 5.74) is 5.51. The van der Waals surface area contributed by atoms with Crippen LogP contribution in [0.3, 0.4) is 0 Å². The van der Waals surface area contributed by atoms with Crippen LogP contribution >= 0.6 is 11.6 Å². The molecule has 1 aliphatic rings. The number of hydrogen-bond donors (Lipinski definition) is 2. The number of carbonyl (C=O) groups is 1. The molecule has 7 heteroatoms. The predicted octanol–water partition coefficient (Wildman–Crippen LogP) is 2.08. The van der Waals surface area contributed by atoms with E-state index < -0.39 is 11.7 Å². The Morgan fingerprint density at radius 3 is 3.00 bits per heavy atom. The lowest BCUT2D eigenvalue weighted by atomic mass is 9.96. The zero-order chi connectivity index (χ0) is 14.7. The molecule has 1 aromatic rings. The third-order valence-electron chi connectivity index (χ3n) is 3.40.